The molecule has 1 spiro atoms. The summed E-state index contributed by atoms with van der Waals surface area (Å²) in [6.07, 6.45) is 10.1. The van der Waals surface area contributed by atoms with Crippen molar-refractivity contribution in [1.82, 2.24) is 4.90 Å². The maximum atomic E-state index is 7.44. The number of piperidine rings is 1. The van der Waals surface area contributed by atoms with Crippen LogP contribution >= 0.6 is 0 Å². The average Bonchev–Trinajstić information content (AvgIpc) is 2.51. The topological polar surface area (TPSA) is 53.1 Å². The van der Waals surface area contributed by atoms with Gasteiger partial charge in [0.25, 0.3) is 0 Å². The molecule has 0 aromatic heterocycles. The molecule has 0 atom stereocenters. The average molecular weight is 285 g/mol. The van der Waals surface area contributed by atoms with Gasteiger partial charge in [-0.05, 0) is 49.8 Å². The number of rotatable bonds is 3. The first kappa shape index (κ1) is 14.6. The number of likely N-dealkylation sites (tertiary alicyclic amines) is 1. The standard InChI is InChI=1S/C18H27N3/c19-17(20)16-6-4-15(5-7-16)14-21-12-10-18(11-13-21)8-2-1-3-9-18/h4-7H,1-3,8-14H2,(H3,19,20). The van der Waals surface area contributed by atoms with E-state index >= 15 is 0 Å². The van der Waals surface area contributed by atoms with E-state index in [1.54, 1.807) is 0 Å². The van der Waals surface area contributed by atoms with Crippen LogP contribution in [0, 0.1) is 10.8 Å². The molecule has 114 valence electrons. The first-order valence-electron chi connectivity index (χ1n) is 8.33. The van der Waals surface area contributed by atoms with Crippen molar-refractivity contribution >= 4 is 5.84 Å². The summed E-state index contributed by atoms with van der Waals surface area (Å²) in [5, 5.41) is 7.44. The molecule has 1 aromatic carbocycles. The van der Waals surface area contributed by atoms with E-state index in [2.05, 4.69) is 17.0 Å². The number of hydrogen-bond acceptors (Lipinski definition) is 2. The van der Waals surface area contributed by atoms with E-state index in [0.29, 0.717) is 5.41 Å². The molecule has 3 heteroatoms. The van der Waals surface area contributed by atoms with Gasteiger partial charge >= 0.3 is 0 Å². The first-order valence-corrected chi connectivity index (χ1v) is 8.33. The number of amidine groups is 1. The second kappa shape index (κ2) is 6.18. The van der Waals surface area contributed by atoms with Gasteiger partial charge in [0, 0.05) is 12.1 Å². The lowest BCUT2D eigenvalue weighted by Gasteiger charge is -2.44. The van der Waals surface area contributed by atoms with Gasteiger partial charge in [0.15, 0.2) is 0 Å². The summed E-state index contributed by atoms with van der Waals surface area (Å²) in [6, 6.07) is 8.15. The van der Waals surface area contributed by atoms with Gasteiger partial charge in [-0.3, -0.25) is 10.3 Å². The Kier molecular flexibility index (Phi) is 4.29. The number of nitrogens with two attached hydrogens (primary N) is 1. The molecule has 21 heavy (non-hydrogen) atoms. The minimum Gasteiger partial charge on any atom is -0.384 e. The Bertz CT molecular complexity index is 476. The SMILES string of the molecule is N=C(N)c1ccc(CN2CCC3(CCCCC3)CC2)cc1. The van der Waals surface area contributed by atoms with Crippen molar-refractivity contribution < 1.29 is 0 Å². The van der Waals surface area contributed by atoms with Crippen LogP contribution in [-0.4, -0.2) is 23.8 Å². The Morgan fingerprint density at radius 1 is 1.00 bits per heavy atom. The number of benzene rings is 1. The van der Waals surface area contributed by atoms with Crippen molar-refractivity contribution in [1.29, 1.82) is 5.41 Å². The third-order valence-electron chi connectivity index (χ3n) is 5.50. The Morgan fingerprint density at radius 2 is 1.62 bits per heavy atom. The molecule has 0 amide bonds. The first-order chi connectivity index (χ1) is 10.2. The quantitative estimate of drug-likeness (QED) is 0.659. The predicted octanol–water partition coefficient (Wildman–Crippen LogP) is 3.52. The molecular weight excluding hydrogens is 258 g/mol. The highest BCUT2D eigenvalue weighted by atomic mass is 15.1. The molecule has 0 unspecified atom stereocenters. The van der Waals surface area contributed by atoms with Crippen molar-refractivity contribution in [2.45, 2.75) is 51.5 Å². The van der Waals surface area contributed by atoms with E-state index in [0.717, 1.165) is 12.1 Å². The van der Waals surface area contributed by atoms with E-state index in [1.165, 1.54) is 63.6 Å². The minimum atomic E-state index is 0.152. The summed E-state index contributed by atoms with van der Waals surface area (Å²) in [4.78, 5) is 2.59. The van der Waals surface area contributed by atoms with E-state index < -0.39 is 0 Å². The summed E-state index contributed by atoms with van der Waals surface area (Å²) < 4.78 is 0. The van der Waals surface area contributed by atoms with E-state index in [9.17, 15) is 0 Å². The molecular formula is C18H27N3. The van der Waals surface area contributed by atoms with Crippen LogP contribution in [-0.2, 0) is 6.54 Å². The van der Waals surface area contributed by atoms with E-state index in [-0.39, 0.29) is 5.84 Å². The highest BCUT2D eigenvalue weighted by Gasteiger charge is 2.35. The van der Waals surface area contributed by atoms with Gasteiger partial charge in [0.05, 0.1) is 0 Å². The molecule has 1 aromatic rings. The molecule has 0 bridgehead atoms. The van der Waals surface area contributed by atoms with E-state index in [1.807, 2.05) is 12.1 Å². The third-order valence-corrected chi connectivity index (χ3v) is 5.50. The summed E-state index contributed by atoms with van der Waals surface area (Å²) in [7, 11) is 0. The second-order valence-corrected chi connectivity index (χ2v) is 6.95. The van der Waals surface area contributed by atoms with Gasteiger partial charge in [-0.15, -0.1) is 0 Å². The Balaban J connectivity index is 1.54. The fourth-order valence-electron chi connectivity index (χ4n) is 4.04. The Hall–Kier alpha value is -1.35. The molecule has 2 aliphatic rings. The van der Waals surface area contributed by atoms with Gasteiger partial charge < -0.3 is 5.73 Å². The maximum Gasteiger partial charge on any atom is 0.122 e. The maximum absolute atomic E-state index is 7.44. The Morgan fingerprint density at radius 3 is 2.19 bits per heavy atom. The summed E-state index contributed by atoms with van der Waals surface area (Å²) in [5.41, 5.74) is 8.34. The lowest BCUT2D eigenvalue weighted by molar-refractivity contribution is 0.0641. The van der Waals surface area contributed by atoms with Crippen molar-refractivity contribution in [3.8, 4) is 0 Å². The van der Waals surface area contributed by atoms with Gasteiger partial charge in [0.2, 0.25) is 0 Å². The fourth-order valence-corrected chi connectivity index (χ4v) is 4.04. The van der Waals surface area contributed by atoms with Crippen LogP contribution in [0.15, 0.2) is 24.3 Å². The van der Waals surface area contributed by atoms with Gasteiger partial charge in [-0.1, -0.05) is 43.5 Å². The monoisotopic (exact) mass is 285 g/mol. The lowest BCUT2D eigenvalue weighted by atomic mass is 9.68. The molecule has 1 heterocycles. The number of nitrogen functional groups attached to an aromatic ring is 1. The zero-order chi connectivity index (χ0) is 14.7. The zero-order valence-electron chi connectivity index (χ0n) is 12.9. The lowest BCUT2D eigenvalue weighted by Crippen LogP contribution is -2.40. The highest BCUT2D eigenvalue weighted by molar-refractivity contribution is 5.94. The van der Waals surface area contributed by atoms with Crippen LogP contribution in [0.5, 0.6) is 0 Å². The zero-order valence-corrected chi connectivity index (χ0v) is 12.9. The predicted molar refractivity (Wildman–Crippen MR) is 87.5 cm³/mol. The van der Waals surface area contributed by atoms with Crippen LogP contribution < -0.4 is 5.73 Å². The molecule has 3 N–H and O–H groups in total. The summed E-state index contributed by atoms with van der Waals surface area (Å²) in [6.45, 7) is 3.52. The molecule has 0 radical (unpaired) electrons. The fraction of sp³-hybridized carbons (Fsp3) is 0.611. The highest BCUT2D eigenvalue weighted by Crippen LogP contribution is 2.44. The molecule has 3 nitrogen and oxygen atoms in total. The molecule has 1 saturated heterocycles. The van der Waals surface area contributed by atoms with Crippen LogP contribution in [0.1, 0.15) is 56.1 Å². The Labute approximate surface area is 128 Å². The van der Waals surface area contributed by atoms with Crippen molar-refractivity contribution in [2.24, 2.45) is 11.1 Å². The van der Waals surface area contributed by atoms with Crippen LogP contribution in [0.25, 0.3) is 0 Å². The van der Waals surface area contributed by atoms with Crippen molar-refractivity contribution in [2.75, 3.05) is 13.1 Å². The van der Waals surface area contributed by atoms with Crippen LogP contribution in [0.2, 0.25) is 0 Å². The third kappa shape index (κ3) is 3.46. The normalized spacial score (nSPS) is 22.3. The van der Waals surface area contributed by atoms with Crippen LogP contribution in [0.3, 0.4) is 0 Å². The van der Waals surface area contributed by atoms with Crippen molar-refractivity contribution in [3.05, 3.63) is 35.4 Å². The van der Waals surface area contributed by atoms with Crippen LogP contribution in [0.4, 0.5) is 0 Å². The van der Waals surface area contributed by atoms with Gasteiger partial charge in [0.1, 0.15) is 5.84 Å². The van der Waals surface area contributed by atoms with Gasteiger partial charge in [-0.2, -0.15) is 0 Å². The van der Waals surface area contributed by atoms with Gasteiger partial charge in [-0.25, -0.2) is 0 Å². The van der Waals surface area contributed by atoms with E-state index in [4.69, 9.17) is 11.1 Å². The summed E-state index contributed by atoms with van der Waals surface area (Å²) >= 11 is 0. The van der Waals surface area contributed by atoms with Crippen molar-refractivity contribution in [3.63, 3.8) is 0 Å². The molecule has 2 fully saturated rings. The number of nitrogens with zero attached hydrogens (tertiary/aromatic N) is 1. The number of nitrogens with one attached hydrogen (secondary N) is 1. The minimum absolute atomic E-state index is 0.152. The molecule has 3 rings (SSSR count). The smallest absolute Gasteiger partial charge is 0.122 e. The molecule has 1 aliphatic heterocycles. The largest absolute Gasteiger partial charge is 0.384 e. The summed E-state index contributed by atoms with van der Waals surface area (Å²) in [5.74, 6) is 0.152. The molecule has 1 aliphatic carbocycles. The number of hydrogen-bond donors (Lipinski definition) is 2. The second-order valence-electron chi connectivity index (χ2n) is 6.95. The molecule has 1 saturated carbocycles.